The van der Waals surface area contributed by atoms with Gasteiger partial charge in [0.1, 0.15) is 0 Å². The highest BCUT2D eigenvalue weighted by molar-refractivity contribution is 5.94. The fraction of sp³-hybridized carbons (Fsp3) is 0.455. The Hall–Kier alpha value is -1.42. The molecule has 1 aliphatic rings. The van der Waals surface area contributed by atoms with Crippen molar-refractivity contribution in [3.05, 3.63) is 29.6 Å². The largest absolute Gasteiger partial charge is 0.396 e. The summed E-state index contributed by atoms with van der Waals surface area (Å²) in [5.41, 5.74) is 1.53. The van der Waals surface area contributed by atoms with E-state index in [2.05, 4.69) is 4.98 Å². The van der Waals surface area contributed by atoms with E-state index in [0.29, 0.717) is 18.7 Å². The monoisotopic (exact) mass is 206 g/mol. The van der Waals surface area contributed by atoms with E-state index < -0.39 is 0 Å². The smallest absolute Gasteiger partial charge is 0.253 e. The first-order chi connectivity index (χ1) is 7.20. The summed E-state index contributed by atoms with van der Waals surface area (Å²) in [6.07, 6.45) is 1.64. The Morgan fingerprint density at radius 1 is 1.67 bits per heavy atom. The Balaban J connectivity index is 2.03. The number of aromatic nitrogens is 1. The molecule has 1 amide bonds. The molecule has 0 bridgehead atoms. The van der Waals surface area contributed by atoms with E-state index in [4.69, 9.17) is 5.11 Å². The number of amides is 1. The van der Waals surface area contributed by atoms with Gasteiger partial charge in [-0.2, -0.15) is 0 Å². The molecule has 1 aromatic heterocycles. The van der Waals surface area contributed by atoms with Crippen LogP contribution in [0.4, 0.5) is 0 Å². The van der Waals surface area contributed by atoms with Gasteiger partial charge in [0.2, 0.25) is 0 Å². The molecule has 0 atom stereocenters. The molecule has 1 fully saturated rings. The van der Waals surface area contributed by atoms with Crippen LogP contribution >= 0.6 is 0 Å². The van der Waals surface area contributed by atoms with E-state index in [1.54, 1.807) is 23.2 Å². The van der Waals surface area contributed by atoms with Gasteiger partial charge in [0, 0.05) is 43.1 Å². The van der Waals surface area contributed by atoms with Crippen molar-refractivity contribution >= 4 is 5.91 Å². The number of pyridine rings is 1. The minimum Gasteiger partial charge on any atom is -0.396 e. The van der Waals surface area contributed by atoms with Gasteiger partial charge in [-0.25, -0.2) is 0 Å². The van der Waals surface area contributed by atoms with Crippen LogP contribution in [0.25, 0.3) is 0 Å². The van der Waals surface area contributed by atoms with E-state index in [1.807, 2.05) is 6.92 Å². The highest BCUT2D eigenvalue weighted by Gasteiger charge is 2.30. The average Bonchev–Trinajstić information content (AvgIpc) is 2.16. The molecular weight excluding hydrogens is 192 g/mol. The van der Waals surface area contributed by atoms with Gasteiger partial charge in [0.25, 0.3) is 5.91 Å². The van der Waals surface area contributed by atoms with Crippen molar-refractivity contribution in [3.8, 4) is 0 Å². The van der Waals surface area contributed by atoms with Crippen LogP contribution in [0.1, 0.15) is 16.1 Å². The number of hydrogen-bond donors (Lipinski definition) is 1. The van der Waals surface area contributed by atoms with Crippen molar-refractivity contribution in [2.45, 2.75) is 6.92 Å². The summed E-state index contributed by atoms with van der Waals surface area (Å²) >= 11 is 0. The molecule has 4 heteroatoms. The van der Waals surface area contributed by atoms with Crippen molar-refractivity contribution in [1.82, 2.24) is 9.88 Å². The SMILES string of the molecule is Cc1cc(C(=O)N2CC(CO)C2)ccn1. The Bertz CT molecular complexity index is 373. The molecule has 0 radical (unpaired) electrons. The molecule has 2 heterocycles. The summed E-state index contributed by atoms with van der Waals surface area (Å²) in [6, 6.07) is 3.51. The van der Waals surface area contributed by atoms with Gasteiger partial charge < -0.3 is 10.0 Å². The van der Waals surface area contributed by atoms with Crippen molar-refractivity contribution in [2.75, 3.05) is 19.7 Å². The maximum absolute atomic E-state index is 11.9. The zero-order valence-corrected chi connectivity index (χ0v) is 8.68. The summed E-state index contributed by atoms with van der Waals surface area (Å²) in [6.45, 7) is 3.36. The predicted octanol–water partition coefficient (Wildman–Crippen LogP) is 0.454. The van der Waals surface area contributed by atoms with Crippen LogP contribution < -0.4 is 0 Å². The molecule has 0 spiro atoms. The Kier molecular flexibility index (Phi) is 2.68. The van der Waals surface area contributed by atoms with Crippen LogP contribution in [0.5, 0.6) is 0 Å². The summed E-state index contributed by atoms with van der Waals surface area (Å²) in [4.78, 5) is 17.6. The second kappa shape index (κ2) is 3.98. The summed E-state index contributed by atoms with van der Waals surface area (Å²) in [5, 5.41) is 8.85. The molecule has 0 aromatic carbocycles. The van der Waals surface area contributed by atoms with Gasteiger partial charge in [-0.3, -0.25) is 9.78 Å². The maximum Gasteiger partial charge on any atom is 0.253 e. The van der Waals surface area contributed by atoms with Crippen molar-refractivity contribution in [3.63, 3.8) is 0 Å². The number of nitrogens with zero attached hydrogens (tertiary/aromatic N) is 2. The van der Waals surface area contributed by atoms with E-state index in [0.717, 1.165) is 5.69 Å². The second-order valence-corrected chi connectivity index (χ2v) is 3.94. The molecule has 15 heavy (non-hydrogen) atoms. The van der Waals surface area contributed by atoms with Gasteiger partial charge in [-0.05, 0) is 19.1 Å². The van der Waals surface area contributed by atoms with E-state index in [9.17, 15) is 4.79 Å². The number of rotatable bonds is 2. The van der Waals surface area contributed by atoms with Crippen LogP contribution in [0.15, 0.2) is 18.3 Å². The number of carbonyl (C=O) groups is 1. The third-order valence-electron chi connectivity index (χ3n) is 2.65. The summed E-state index contributed by atoms with van der Waals surface area (Å²) in [5.74, 6) is 0.294. The van der Waals surface area contributed by atoms with E-state index in [1.165, 1.54) is 0 Å². The van der Waals surface area contributed by atoms with Crippen molar-refractivity contribution in [2.24, 2.45) is 5.92 Å². The first-order valence-corrected chi connectivity index (χ1v) is 5.03. The molecule has 1 aromatic rings. The number of hydrogen-bond acceptors (Lipinski definition) is 3. The zero-order valence-electron chi connectivity index (χ0n) is 8.68. The number of likely N-dealkylation sites (tertiary alicyclic amines) is 1. The minimum atomic E-state index is 0.0326. The lowest BCUT2D eigenvalue weighted by Gasteiger charge is -2.38. The van der Waals surface area contributed by atoms with Gasteiger partial charge >= 0.3 is 0 Å². The van der Waals surface area contributed by atoms with Crippen molar-refractivity contribution < 1.29 is 9.90 Å². The normalized spacial score (nSPS) is 16.3. The third kappa shape index (κ3) is 1.99. The van der Waals surface area contributed by atoms with Gasteiger partial charge in [0.05, 0.1) is 0 Å². The molecule has 2 rings (SSSR count). The topological polar surface area (TPSA) is 53.4 Å². The van der Waals surface area contributed by atoms with Crippen molar-refractivity contribution in [1.29, 1.82) is 0 Å². The Labute approximate surface area is 88.6 Å². The van der Waals surface area contributed by atoms with Crippen LogP contribution in [0.3, 0.4) is 0 Å². The zero-order chi connectivity index (χ0) is 10.8. The second-order valence-electron chi connectivity index (χ2n) is 3.94. The summed E-state index contributed by atoms with van der Waals surface area (Å²) < 4.78 is 0. The van der Waals surface area contributed by atoms with Crippen LogP contribution in [0.2, 0.25) is 0 Å². The molecule has 1 N–H and O–H groups in total. The summed E-state index contributed by atoms with van der Waals surface area (Å²) in [7, 11) is 0. The lowest BCUT2D eigenvalue weighted by atomic mass is 10.00. The first-order valence-electron chi connectivity index (χ1n) is 5.03. The molecule has 4 nitrogen and oxygen atoms in total. The van der Waals surface area contributed by atoms with Gasteiger partial charge in [-0.15, -0.1) is 0 Å². The van der Waals surface area contributed by atoms with E-state index in [-0.39, 0.29) is 18.4 Å². The predicted molar refractivity (Wildman–Crippen MR) is 55.5 cm³/mol. The fourth-order valence-corrected chi connectivity index (χ4v) is 1.71. The minimum absolute atomic E-state index is 0.0326. The number of aryl methyl sites for hydroxylation is 1. The standard InChI is InChI=1S/C11H14N2O2/c1-8-4-10(2-3-12-8)11(15)13-5-9(6-13)7-14/h2-4,9,14H,5-7H2,1H3. The Morgan fingerprint density at radius 2 is 2.40 bits per heavy atom. The molecule has 0 unspecified atom stereocenters. The third-order valence-corrected chi connectivity index (χ3v) is 2.65. The maximum atomic E-state index is 11.9. The number of aliphatic hydroxyl groups is 1. The van der Waals surface area contributed by atoms with Crippen LogP contribution in [-0.4, -0.2) is 40.6 Å². The highest BCUT2D eigenvalue weighted by atomic mass is 16.3. The molecule has 0 aliphatic carbocycles. The number of carbonyl (C=O) groups excluding carboxylic acids is 1. The molecule has 1 saturated heterocycles. The molecule has 80 valence electrons. The molecular formula is C11H14N2O2. The lowest BCUT2D eigenvalue weighted by molar-refractivity contribution is 0.0362. The average molecular weight is 206 g/mol. The lowest BCUT2D eigenvalue weighted by Crippen LogP contribution is -2.51. The Morgan fingerprint density at radius 3 is 3.00 bits per heavy atom. The highest BCUT2D eigenvalue weighted by Crippen LogP contribution is 2.17. The fourth-order valence-electron chi connectivity index (χ4n) is 1.71. The first kappa shape index (κ1) is 10.1. The quantitative estimate of drug-likeness (QED) is 0.764. The number of aliphatic hydroxyl groups excluding tert-OH is 1. The molecule has 0 saturated carbocycles. The van der Waals surface area contributed by atoms with Crippen LogP contribution in [0, 0.1) is 12.8 Å². The van der Waals surface area contributed by atoms with E-state index >= 15 is 0 Å². The van der Waals surface area contributed by atoms with Crippen LogP contribution in [-0.2, 0) is 0 Å². The van der Waals surface area contributed by atoms with Gasteiger partial charge in [0.15, 0.2) is 0 Å². The molecule has 1 aliphatic heterocycles. The van der Waals surface area contributed by atoms with Gasteiger partial charge in [-0.1, -0.05) is 0 Å².